The molecule has 0 radical (unpaired) electrons. The molecule has 3 aromatic rings. The van der Waals surface area contributed by atoms with E-state index in [-0.39, 0.29) is 0 Å². The Bertz CT molecular complexity index is 869. The minimum absolute atomic E-state index is 0.453. The number of hydrogen-bond donors (Lipinski definition) is 0. The molecule has 0 saturated heterocycles. The monoisotopic (exact) mass is 370 g/mol. The second-order valence-electron chi connectivity index (χ2n) is 6.58. The molecule has 2 nitrogen and oxygen atoms in total. The summed E-state index contributed by atoms with van der Waals surface area (Å²) in [5.74, 6) is 0.830. The number of ether oxygens (including phenoxy) is 2. The fourth-order valence-corrected chi connectivity index (χ4v) is 3.30. The Morgan fingerprint density at radius 1 is 0.714 bits per heavy atom. The van der Waals surface area contributed by atoms with Gasteiger partial charge in [0.1, 0.15) is 18.0 Å². The lowest BCUT2D eigenvalue weighted by atomic mass is 9.83. The molecule has 0 N–H and O–H groups in total. The molecule has 2 heteroatoms. The van der Waals surface area contributed by atoms with Crippen LogP contribution in [-0.2, 0) is 16.9 Å². The summed E-state index contributed by atoms with van der Waals surface area (Å²) in [6.07, 6.45) is 4.34. The van der Waals surface area contributed by atoms with Gasteiger partial charge in [-0.05, 0) is 28.8 Å². The Labute approximate surface area is 167 Å². The second-order valence-corrected chi connectivity index (χ2v) is 6.58. The Hall–Kier alpha value is -3.10. The highest BCUT2D eigenvalue weighted by Gasteiger charge is 2.33. The Kier molecular flexibility index (Phi) is 6.83. The third-order valence-electron chi connectivity index (χ3n) is 4.69. The van der Waals surface area contributed by atoms with E-state index in [1.165, 1.54) is 0 Å². The van der Waals surface area contributed by atoms with Gasteiger partial charge in [-0.15, -0.1) is 13.2 Å². The maximum atomic E-state index is 6.33. The average molecular weight is 370 g/mol. The molecule has 28 heavy (non-hydrogen) atoms. The number of hydrogen-bond acceptors (Lipinski definition) is 2. The van der Waals surface area contributed by atoms with E-state index in [1.54, 1.807) is 6.08 Å². The van der Waals surface area contributed by atoms with Gasteiger partial charge < -0.3 is 9.47 Å². The minimum atomic E-state index is -0.602. The Morgan fingerprint density at radius 3 is 1.93 bits per heavy atom. The number of rotatable bonds is 10. The van der Waals surface area contributed by atoms with Crippen LogP contribution in [0.2, 0.25) is 0 Å². The normalized spacial score (nSPS) is 12.7. The summed E-state index contributed by atoms with van der Waals surface area (Å²) in [5.41, 5.74) is 2.70. The molecule has 0 amide bonds. The summed E-state index contributed by atoms with van der Waals surface area (Å²) < 4.78 is 12.3. The maximum absolute atomic E-state index is 6.33. The van der Waals surface area contributed by atoms with Crippen LogP contribution in [0.4, 0.5) is 0 Å². The van der Waals surface area contributed by atoms with Gasteiger partial charge in [0.15, 0.2) is 0 Å². The lowest BCUT2D eigenvalue weighted by Crippen LogP contribution is -2.31. The van der Waals surface area contributed by atoms with Crippen LogP contribution >= 0.6 is 0 Å². The van der Waals surface area contributed by atoms with Crippen LogP contribution in [0.15, 0.2) is 110 Å². The van der Waals surface area contributed by atoms with Gasteiger partial charge in [-0.25, -0.2) is 0 Å². The molecular weight excluding hydrogens is 344 g/mol. The van der Waals surface area contributed by atoms with E-state index >= 15 is 0 Å². The smallest absolute Gasteiger partial charge is 0.122 e. The van der Waals surface area contributed by atoms with E-state index < -0.39 is 5.60 Å². The van der Waals surface area contributed by atoms with E-state index in [0.29, 0.717) is 19.6 Å². The van der Waals surface area contributed by atoms with Crippen LogP contribution in [0, 0.1) is 0 Å². The first-order valence-corrected chi connectivity index (χ1v) is 9.47. The van der Waals surface area contributed by atoms with Crippen LogP contribution in [0.25, 0.3) is 0 Å². The summed E-state index contributed by atoms with van der Waals surface area (Å²) in [6, 6.07) is 28.5. The molecule has 0 aliphatic heterocycles. The first-order valence-electron chi connectivity index (χ1n) is 9.47. The van der Waals surface area contributed by atoms with E-state index in [4.69, 9.17) is 9.47 Å². The molecule has 0 spiro atoms. The topological polar surface area (TPSA) is 18.5 Å². The van der Waals surface area contributed by atoms with Crippen molar-refractivity contribution < 1.29 is 9.47 Å². The van der Waals surface area contributed by atoms with Crippen molar-refractivity contribution in [3.8, 4) is 5.75 Å². The molecule has 0 fully saturated rings. The van der Waals surface area contributed by atoms with Crippen LogP contribution < -0.4 is 4.74 Å². The van der Waals surface area contributed by atoms with Crippen molar-refractivity contribution in [2.75, 3.05) is 6.61 Å². The third kappa shape index (κ3) is 4.59. The molecule has 0 saturated carbocycles. The summed E-state index contributed by atoms with van der Waals surface area (Å²) in [5, 5.41) is 0. The van der Waals surface area contributed by atoms with Gasteiger partial charge >= 0.3 is 0 Å². The summed E-state index contributed by atoms with van der Waals surface area (Å²) in [4.78, 5) is 0. The first kappa shape index (κ1) is 19.7. The van der Waals surface area contributed by atoms with Gasteiger partial charge in [-0.2, -0.15) is 0 Å². The highest BCUT2D eigenvalue weighted by atomic mass is 16.5. The van der Waals surface area contributed by atoms with E-state index in [9.17, 15) is 0 Å². The molecule has 142 valence electrons. The first-order chi connectivity index (χ1) is 13.8. The zero-order valence-electron chi connectivity index (χ0n) is 16.1. The fraction of sp³-hybridized carbons (Fsp3) is 0.154. The van der Waals surface area contributed by atoms with Gasteiger partial charge in [-0.1, -0.05) is 84.9 Å². The molecule has 1 unspecified atom stereocenters. The van der Waals surface area contributed by atoms with Gasteiger partial charge in [-0.3, -0.25) is 0 Å². The highest BCUT2D eigenvalue weighted by molar-refractivity contribution is 5.40. The predicted molar refractivity (Wildman–Crippen MR) is 115 cm³/mol. The molecule has 0 aliphatic carbocycles. The molecule has 0 heterocycles. The van der Waals surface area contributed by atoms with Gasteiger partial charge in [0.25, 0.3) is 0 Å². The van der Waals surface area contributed by atoms with Crippen molar-refractivity contribution in [1.29, 1.82) is 0 Å². The van der Waals surface area contributed by atoms with Crippen LogP contribution in [-0.4, -0.2) is 6.61 Å². The Balaban J connectivity index is 1.87. The summed E-state index contributed by atoms with van der Waals surface area (Å²) in [7, 11) is 0. The summed E-state index contributed by atoms with van der Waals surface area (Å²) >= 11 is 0. The van der Waals surface area contributed by atoms with E-state index in [0.717, 1.165) is 22.4 Å². The maximum Gasteiger partial charge on any atom is 0.122 e. The zero-order chi connectivity index (χ0) is 19.7. The van der Waals surface area contributed by atoms with E-state index in [1.807, 2.05) is 54.6 Å². The lowest BCUT2D eigenvalue weighted by molar-refractivity contribution is 0.000641. The lowest BCUT2D eigenvalue weighted by Gasteiger charge is -2.34. The van der Waals surface area contributed by atoms with Gasteiger partial charge in [0.2, 0.25) is 0 Å². The average Bonchev–Trinajstić information content (AvgIpc) is 2.77. The van der Waals surface area contributed by atoms with Gasteiger partial charge in [0, 0.05) is 6.42 Å². The molecule has 0 aliphatic rings. The predicted octanol–water partition coefficient (Wildman–Crippen LogP) is 6.29. The molecular formula is C26H26O2. The minimum Gasteiger partial charge on any atom is -0.489 e. The van der Waals surface area contributed by atoms with E-state index in [2.05, 4.69) is 49.6 Å². The Morgan fingerprint density at radius 2 is 1.32 bits per heavy atom. The van der Waals surface area contributed by atoms with Crippen molar-refractivity contribution in [2.45, 2.75) is 18.6 Å². The molecule has 3 aromatic carbocycles. The fourth-order valence-electron chi connectivity index (χ4n) is 3.30. The van der Waals surface area contributed by atoms with Crippen molar-refractivity contribution in [3.63, 3.8) is 0 Å². The number of benzene rings is 3. The quantitative estimate of drug-likeness (QED) is 0.391. The highest BCUT2D eigenvalue weighted by Crippen LogP contribution is 2.38. The van der Waals surface area contributed by atoms with Crippen molar-refractivity contribution in [2.24, 2.45) is 0 Å². The summed E-state index contributed by atoms with van der Waals surface area (Å²) in [6.45, 7) is 8.76. The standard InChI is InChI=1S/C26H26O2/c1-3-19-26(28-20-4-2,23-13-9-6-10-14-23)24-15-17-25(18-16-24)27-21-22-11-7-5-8-12-22/h3-18H,1-2,19-21H2. The molecule has 0 bridgehead atoms. The van der Waals surface area contributed by atoms with Crippen molar-refractivity contribution in [1.82, 2.24) is 0 Å². The molecule has 3 rings (SSSR count). The second kappa shape index (κ2) is 9.72. The van der Waals surface area contributed by atoms with Gasteiger partial charge in [0.05, 0.1) is 6.61 Å². The SMILES string of the molecule is C=CCOC(CC=C)(c1ccccc1)c1ccc(OCc2ccccc2)cc1. The van der Waals surface area contributed by atoms with Crippen molar-refractivity contribution in [3.05, 3.63) is 127 Å². The molecule has 1 atom stereocenters. The van der Waals surface area contributed by atoms with Crippen LogP contribution in [0.3, 0.4) is 0 Å². The van der Waals surface area contributed by atoms with Crippen molar-refractivity contribution >= 4 is 0 Å². The molecule has 0 aromatic heterocycles. The van der Waals surface area contributed by atoms with Crippen LogP contribution in [0.1, 0.15) is 23.1 Å². The largest absolute Gasteiger partial charge is 0.489 e. The third-order valence-corrected chi connectivity index (χ3v) is 4.69. The van der Waals surface area contributed by atoms with Crippen LogP contribution in [0.5, 0.6) is 5.75 Å². The zero-order valence-corrected chi connectivity index (χ0v) is 16.1.